The van der Waals surface area contributed by atoms with Crippen LogP contribution in [-0.2, 0) is 0 Å². The first-order valence-electron chi connectivity index (χ1n) is 5.43. The molecule has 1 aromatic carbocycles. The first-order chi connectivity index (χ1) is 9.02. The van der Waals surface area contributed by atoms with E-state index in [1.54, 1.807) is 12.1 Å². The van der Waals surface area contributed by atoms with Crippen molar-refractivity contribution in [3.63, 3.8) is 0 Å². The number of hydrogen-bond acceptors (Lipinski definition) is 4. The number of nitrogens with one attached hydrogen (secondary N) is 1. The van der Waals surface area contributed by atoms with Gasteiger partial charge in [0, 0.05) is 17.3 Å². The van der Waals surface area contributed by atoms with Crippen LogP contribution in [0.3, 0.4) is 0 Å². The van der Waals surface area contributed by atoms with Crippen LogP contribution in [0, 0.1) is 0 Å². The second-order valence-electron chi connectivity index (χ2n) is 3.89. The third kappa shape index (κ3) is 2.42. The zero-order valence-electron chi connectivity index (χ0n) is 10.1. The minimum Gasteiger partial charge on any atom is -0.495 e. The van der Waals surface area contributed by atoms with E-state index in [0.717, 1.165) is 0 Å². The molecular formula is C13H12N2O4. The van der Waals surface area contributed by atoms with Gasteiger partial charge in [-0.25, -0.2) is 4.79 Å². The van der Waals surface area contributed by atoms with Gasteiger partial charge in [0.25, 0.3) is 0 Å². The molecule has 1 heterocycles. The lowest BCUT2D eigenvalue weighted by Crippen LogP contribution is -2.02. The zero-order valence-corrected chi connectivity index (χ0v) is 10.1. The number of carbonyl (C=O) groups excluding carboxylic acids is 1. The predicted molar refractivity (Wildman–Crippen MR) is 68.6 cm³/mol. The maximum absolute atomic E-state index is 12.2. The second kappa shape index (κ2) is 4.85. The molecule has 0 radical (unpaired) electrons. The summed E-state index contributed by atoms with van der Waals surface area (Å²) in [6.45, 7) is 0. The third-order valence-corrected chi connectivity index (χ3v) is 2.67. The highest BCUT2D eigenvalue weighted by Crippen LogP contribution is 2.23. The summed E-state index contributed by atoms with van der Waals surface area (Å²) in [5.41, 5.74) is 6.70. The SMILES string of the molecule is COc1cc(C(=O)c2c[nH]c(C(=O)O)c2)ccc1N. The monoisotopic (exact) mass is 260 g/mol. The first-order valence-corrected chi connectivity index (χ1v) is 5.43. The van der Waals surface area contributed by atoms with Crippen molar-refractivity contribution in [2.75, 3.05) is 12.8 Å². The van der Waals surface area contributed by atoms with Gasteiger partial charge in [-0.05, 0) is 24.3 Å². The van der Waals surface area contributed by atoms with E-state index in [1.807, 2.05) is 0 Å². The summed E-state index contributed by atoms with van der Waals surface area (Å²) in [6, 6.07) is 5.93. The van der Waals surface area contributed by atoms with Crippen LogP contribution < -0.4 is 10.5 Å². The van der Waals surface area contributed by atoms with E-state index in [4.69, 9.17) is 15.6 Å². The molecule has 98 valence electrons. The van der Waals surface area contributed by atoms with Gasteiger partial charge in [0.05, 0.1) is 12.8 Å². The summed E-state index contributed by atoms with van der Waals surface area (Å²) in [4.78, 5) is 25.4. The first kappa shape index (κ1) is 12.7. The Hall–Kier alpha value is -2.76. The van der Waals surface area contributed by atoms with Crippen LogP contribution in [0.15, 0.2) is 30.5 Å². The Bertz CT molecular complexity index is 646. The molecule has 0 saturated heterocycles. The van der Waals surface area contributed by atoms with Crippen molar-refractivity contribution < 1.29 is 19.4 Å². The van der Waals surface area contributed by atoms with Crippen molar-refractivity contribution in [3.05, 3.63) is 47.3 Å². The normalized spacial score (nSPS) is 10.2. The molecule has 0 unspecified atom stereocenters. The van der Waals surface area contributed by atoms with Crippen molar-refractivity contribution in [2.45, 2.75) is 0 Å². The number of nitrogens with two attached hydrogens (primary N) is 1. The molecule has 0 aliphatic rings. The summed E-state index contributed by atoms with van der Waals surface area (Å²) in [5, 5.41) is 8.79. The van der Waals surface area contributed by atoms with Crippen molar-refractivity contribution >= 4 is 17.4 Å². The molecule has 6 nitrogen and oxygen atoms in total. The summed E-state index contributed by atoms with van der Waals surface area (Å²) in [5.74, 6) is -1.02. The Morgan fingerprint density at radius 2 is 2.00 bits per heavy atom. The second-order valence-corrected chi connectivity index (χ2v) is 3.89. The van der Waals surface area contributed by atoms with Gasteiger partial charge in [0.15, 0.2) is 5.78 Å². The van der Waals surface area contributed by atoms with Gasteiger partial charge in [-0.2, -0.15) is 0 Å². The van der Waals surface area contributed by atoms with Crippen LogP contribution in [0.5, 0.6) is 5.75 Å². The number of nitrogen functional groups attached to an aromatic ring is 1. The molecule has 0 fully saturated rings. The maximum Gasteiger partial charge on any atom is 0.352 e. The average molecular weight is 260 g/mol. The number of aromatic carboxylic acids is 1. The topological polar surface area (TPSA) is 105 Å². The Morgan fingerprint density at radius 1 is 1.26 bits per heavy atom. The number of aromatic nitrogens is 1. The summed E-state index contributed by atoms with van der Waals surface area (Å²) < 4.78 is 5.04. The number of hydrogen-bond donors (Lipinski definition) is 3. The highest BCUT2D eigenvalue weighted by molar-refractivity contribution is 6.10. The van der Waals surface area contributed by atoms with Crippen LogP contribution in [0.2, 0.25) is 0 Å². The molecule has 0 atom stereocenters. The fourth-order valence-electron chi connectivity index (χ4n) is 1.67. The Kier molecular flexibility index (Phi) is 3.24. The Labute approximate surface area is 108 Å². The smallest absolute Gasteiger partial charge is 0.352 e. The van der Waals surface area contributed by atoms with Gasteiger partial charge >= 0.3 is 5.97 Å². The molecule has 0 aliphatic carbocycles. The molecule has 0 spiro atoms. The van der Waals surface area contributed by atoms with Crippen molar-refractivity contribution in [3.8, 4) is 5.75 Å². The van der Waals surface area contributed by atoms with Gasteiger partial charge in [0.1, 0.15) is 11.4 Å². The maximum atomic E-state index is 12.2. The number of aromatic amines is 1. The van der Waals surface area contributed by atoms with Gasteiger partial charge < -0.3 is 20.6 Å². The van der Waals surface area contributed by atoms with E-state index < -0.39 is 5.97 Å². The Morgan fingerprint density at radius 3 is 2.58 bits per heavy atom. The highest BCUT2D eigenvalue weighted by atomic mass is 16.5. The number of benzene rings is 1. The quantitative estimate of drug-likeness (QED) is 0.571. The minimum absolute atomic E-state index is 0.0363. The molecule has 0 amide bonds. The summed E-state index contributed by atoms with van der Waals surface area (Å²) in [7, 11) is 1.46. The molecule has 1 aromatic heterocycles. The van der Waals surface area contributed by atoms with E-state index in [1.165, 1.54) is 25.4 Å². The number of H-pyrrole nitrogens is 1. The zero-order chi connectivity index (χ0) is 14.0. The summed E-state index contributed by atoms with van der Waals surface area (Å²) >= 11 is 0. The Balaban J connectivity index is 2.35. The number of ether oxygens (including phenoxy) is 1. The predicted octanol–water partition coefficient (Wildman–Crippen LogP) is 1.53. The fourth-order valence-corrected chi connectivity index (χ4v) is 1.67. The van der Waals surface area contributed by atoms with E-state index in [9.17, 15) is 9.59 Å². The van der Waals surface area contributed by atoms with E-state index in [2.05, 4.69) is 4.98 Å². The average Bonchev–Trinajstić information content (AvgIpc) is 2.88. The molecule has 0 aliphatic heterocycles. The lowest BCUT2D eigenvalue weighted by Gasteiger charge is -2.06. The number of methoxy groups -OCH3 is 1. The van der Waals surface area contributed by atoms with Crippen LogP contribution in [0.25, 0.3) is 0 Å². The number of rotatable bonds is 4. The molecule has 2 rings (SSSR count). The van der Waals surface area contributed by atoms with E-state index in [-0.39, 0.29) is 17.0 Å². The van der Waals surface area contributed by atoms with Gasteiger partial charge in [-0.1, -0.05) is 0 Å². The lowest BCUT2D eigenvalue weighted by atomic mass is 10.0. The van der Waals surface area contributed by atoms with Crippen molar-refractivity contribution in [1.82, 2.24) is 4.98 Å². The molecule has 4 N–H and O–H groups in total. The minimum atomic E-state index is -1.12. The van der Waals surface area contributed by atoms with E-state index in [0.29, 0.717) is 17.0 Å². The summed E-state index contributed by atoms with van der Waals surface area (Å²) in [6.07, 6.45) is 1.36. The van der Waals surface area contributed by atoms with Crippen LogP contribution in [0.4, 0.5) is 5.69 Å². The molecule has 0 bridgehead atoms. The van der Waals surface area contributed by atoms with Crippen LogP contribution >= 0.6 is 0 Å². The standard InChI is InChI=1S/C13H12N2O4/c1-19-11-5-7(2-3-9(11)14)12(16)8-4-10(13(17)18)15-6-8/h2-6,15H,14H2,1H3,(H,17,18). The van der Waals surface area contributed by atoms with Crippen molar-refractivity contribution in [1.29, 1.82) is 0 Å². The largest absolute Gasteiger partial charge is 0.495 e. The number of carboxylic acids is 1. The number of carbonyl (C=O) groups is 2. The number of ketones is 1. The molecule has 2 aromatic rings. The number of anilines is 1. The van der Waals surface area contributed by atoms with Crippen LogP contribution in [0.1, 0.15) is 26.4 Å². The van der Waals surface area contributed by atoms with Crippen LogP contribution in [-0.4, -0.2) is 29.0 Å². The van der Waals surface area contributed by atoms with E-state index >= 15 is 0 Å². The highest BCUT2D eigenvalue weighted by Gasteiger charge is 2.15. The van der Waals surface area contributed by atoms with Gasteiger partial charge in [0.2, 0.25) is 0 Å². The molecule has 0 saturated carbocycles. The lowest BCUT2D eigenvalue weighted by molar-refractivity contribution is 0.0691. The molecule has 6 heteroatoms. The number of carboxylic acid groups (broad SMARTS) is 1. The van der Waals surface area contributed by atoms with Gasteiger partial charge in [-0.15, -0.1) is 0 Å². The third-order valence-electron chi connectivity index (χ3n) is 2.67. The molecular weight excluding hydrogens is 248 g/mol. The fraction of sp³-hybridized carbons (Fsp3) is 0.0769. The van der Waals surface area contributed by atoms with Gasteiger partial charge in [-0.3, -0.25) is 4.79 Å². The molecule has 19 heavy (non-hydrogen) atoms. The van der Waals surface area contributed by atoms with Crippen molar-refractivity contribution in [2.24, 2.45) is 0 Å².